The Morgan fingerprint density at radius 2 is 1.92 bits per heavy atom. The summed E-state index contributed by atoms with van der Waals surface area (Å²) in [6.07, 6.45) is 0.271. The topological polar surface area (TPSA) is 88.5 Å². The molecule has 0 atom stereocenters. The third-order valence-electron chi connectivity index (χ3n) is 1.78. The van der Waals surface area contributed by atoms with Crippen molar-refractivity contribution in [2.45, 2.75) is 12.8 Å². The van der Waals surface area contributed by atoms with Crippen LogP contribution in [-0.2, 0) is 19.2 Å². The van der Waals surface area contributed by atoms with Gasteiger partial charge in [0.15, 0.2) is 0 Å². The number of carboxylic acid groups (broad SMARTS) is 1. The molecule has 0 bridgehead atoms. The maximum absolute atomic E-state index is 11.0. The van der Waals surface area contributed by atoms with Crippen molar-refractivity contribution in [3.8, 4) is 0 Å². The van der Waals surface area contributed by atoms with Crippen LogP contribution < -0.4 is 0 Å². The van der Waals surface area contributed by atoms with Crippen LogP contribution in [0.4, 0.5) is 0 Å². The third kappa shape index (κ3) is 1.53. The summed E-state index contributed by atoms with van der Waals surface area (Å²) in [5, 5.41) is 8.54. The van der Waals surface area contributed by atoms with Crippen LogP contribution in [0.25, 0.3) is 0 Å². The Kier molecular flexibility index (Phi) is 2.36. The molecule has 0 saturated carbocycles. The number of aldehydes is 1. The van der Waals surface area contributed by atoms with Crippen LogP contribution in [0, 0.1) is 0 Å². The highest BCUT2D eigenvalue weighted by molar-refractivity contribution is 6.50. The SMILES string of the molecule is O=CC1=C(C(=O)O)C(=O)C(=O)CC1. The Bertz CT molecular complexity index is 336. The van der Waals surface area contributed by atoms with Crippen molar-refractivity contribution in [2.75, 3.05) is 0 Å². The second-order valence-corrected chi connectivity index (χ2v) is 2.58. The van der Waals surface area contributed by atoms with E-state index in [1.54, 1.807) is 0 Å². The second kappa shape index (κ2) is 3.30. The van der Waals surface area contributed by atoms with Crippen LogP contribution >= 0.6 is 0 Å². The highest BCUT2D eigenvalue weighted by atomic mass is 16.4. The van der Waals surface area contributed by atoms with Gasteiger partial charge in [0, 0.05) is 12.0 Å². The van der Waals surface area contributed by atoms with Gasteiger partial charge in [-0.15, -0.1) is 0 Å². The van der Waals surface area contributed by atoms with Crippen LogP contribution in [-0.4, -0.2) is 28.9 Å². The van der Waals surface area contributed by atoms with Crippen molar-refractivity contribution in [1.82, 2.24) is 0 Å². The lowest BCUT2D eigenvalue weighted by atomic mass is 9.90. The number of carbonyl (C=O) groups is 4. The van der Waals surface area contributed by atoms with Gasteiger partial charge < -0.3 is 5.11 Å². The number of Topliss-reactive ketones (excluding diaryl/α,β-unsaturated/α-hetero) is 2. The van der Waals surface area contributed by atoms with Crippen molar-refractivity contribution in [3.05, 3.63) is 11.1 Å². The first-order valence-corrected chi connectivity index (χ1v) is 3.57. The molecule has 0 aromatic heterocycles. The van der Waals surface area contributed by atoms with Gasteiger partial charge in [0.05, 0.1) is 0 Å². The zero-order chi connectivity index (χ0) is 10.0. The Morgan fingerprint density at radius 1 is 1.31 bits per heavy atom. The molecule has 1 aliphatic carbocycles. The number of aliphatic carboxylic acids is 1. The first-order chi connectivity index (χ1) is 6.07. The van der Waals surface area contributed by atoms with Crippen molar-refractivity contribution in [3.63, 3.8) is 0 Å². The molecule has 0 heterocycles. The van der Waals surface area contributed by atoms with Gasteiger partial charge in [0.2, 0.25) is 11.6 Å². The molecule has 0 aliphatic heterocycles. The van der Waals surface area contributed by atoms with E-state index in [0.29, 0.717) is 6.29 Å². The van der Waals surface area contributed by atoms with Gasteiger partial charge in [-0.3, -0.25) is 14.4 Å². The molecule has 0 fully saturated rings. The fourth-order valence-corrected chi connectivity index (χ4v) is 1.12. The quantitative estimate of drug-likeness (QED) is 0.353. The minimum atomic E-state index is -1.51. The minimum absolute atomic E-state index is 0.0374. The van der Waals surface area contributed by atoms with E-state index < -0.39 is 23.1 Å². The van der Waals surface area contributed by atoms with Crippen molar-refractivity contribution in [2.24, 2.45) is 0 Å². The second-order valence-electron chi connectivity index (χ2n) is 2.58. The summed E-state index contributed by atoms with van der Waals surface area (Å²) in [5.74, 6) is -3.33. The summed E-state index contributed by atoms with van der Waals surface area (Å²) in [5.41, 5.74) is -0.775. The number of ketones is 2. The lowest BCUT2D eigenvalue weighted by Gasteiger charge is -2.10. The maximum Gasteiger partial charge on any atom is 0.340 e. The third-order valence-corrected chi connectivity index (χ3v) is 1.78. The predicted molar refractivity (Wildman–Crippen MR) is 40.0 cm³/mol. The smallest absolute Gasteiger partial charge is 0.340 e. The Balaban J connectivity index is 3.23. The van der Waals surface area contributed by atoms with E-state index in [1.165, 1.54) is 0 Å². The number of carbonyl (C=O) groups excluding carboxylic acids is 3. The van der Waals surface area contributed by atoms with Gasteiger partial charge in [0.25, 0.3) is 0 Å². The minimum Gasteiger partial charge on any atom is -0.478 e. The Labute approximate surface area is 73.0 Å². The molecule has 0 spiro atoms. The average Bonchev–Trinajstić information content (AvgIpc) is 2.08. The first-order valence-electron chi connectivity index (χ1n) is 3.57. The summed E-state index contributed by atoms with van der Waals surface area (Å²) in [7, 11) is 0. The van der Waals surface area contributed by atoms with Crippen LogP contribution in [0.3, 0.4) is 0 Å². The Hall–Kier alpha value is -1.78. The van der Waals surface area contributed by atoms with Gasteiger partial charge in [-0.2, -0.15) is 0 Å². The maximum atomic E-state index is 11.0. The largest absolute Gasteiger partial charge is 0.478 e. The zero-order valence-electron chi connectivity index (χ0n) is 6.57. The number of hydrogen-bond acceptors (Lipinski definition) is 4. The van der Waals surface area contributed by atoms with Crippen LogP contribution in [0.5, 0.6) is 0 Å². The molecule has 68 valence electrons. The molecule has 5 heteroatoms. The normalized spacial score (nSPS) is 17.5. The molecule has 0 unspecified atom stereocenters. The molecule has 0 saturated heterocycles. The lowest BCUT2D eigenvalue weighted by Crippen LogP contribution is -2.27. The van der Waals surface area contributed by atoms with Crippen LogP contribution in [0.2, 0.25) is 0 Å². The lowest BCUT2D eigenvalue weighted by molar-refractivity contribution is -0.140. The van der Waals surface area contributed by atoms with Crippen molar-refractivity contribution in [1.29, 1.82) is 0 Å². The van der Waals surface area contributed by atoms with Gasteiger partial charge >= 0.3 is 5.97 Å². The van der Waals surface area contributed by atoms with Gasteiger partial charge in [-0.1, -0.05) is 0 Å². The molecule has 1 rings (SSSR count). The highest BCUT2D eigenvalue weighted by Gasteiger charge is 2.31. The molecule has 5 nitrogen and oxygen atoms in total. The molecule has 0 radical (unpaired) electrons. The first kappa shape index (κ1) is 9.31. The fraction of sp³-hybridized carbons (Fsp3) is 0.250. The van der Waals surface area contributed by atoms with E-state index in [4.69, 9.17) is 5.11 Å². The number of hydrogen-bond donors (Lipinski definition) is 1. The van der Waals surface area contributed by atoms with Crippen molar-refractivity contribution < 1.29 is 24.3 Å². The monoisotopic (exact) mass is 182 g/mol. The summed E-state index contributed by atoms with van der Waals surface area (Å²) in [4.78, 5) is 42.6. The Morgan fingerprint density at radius 3 is 2.38 bits per heavy atom. The molecule has 1 N–H and O–H groups in total. The molecule has 1 aliphatic rings. The van der Waals surface area contributed by atoms with E-state index >= 15 is 0 Å². The number of allylic oxidation sites excluding steroid dienone is 1. The standard InChI is InChI=1S/C8H6O5/c9-3-4-1-2-5(10)7(11)6(4)8(12)13/h3H,1-2H2,(H,12,13). The van der Waals surface area contributed by atoms with Crippen LogP contribution in [0.15, 0.2) is 11.1 Å². The van der Waals surface area contributed by atoms with E-state index in [0.717, 1.165) is 0 Å². The molecular weight excluding hydrogens is 176 g/mol. The van der Waals surface area contributed by atoms with E-state index in [9.17, 15) is 19.2 Å². The summed E-state index contributed by atoms with van der Waals surface area (Å²) >= 11 is 0. The number of carboxylic acids is 1. The molecule has 13 heavy (non-hydrogen) atoms. The van der Waals surface area contributed by atoms with E-state index in [1.807, 2.05) is 0 Å². The van der Waals surface area contributed by atoms with E-state index in [-0.39, 0.29) is 18.4 Å². The van der Waals surface area contributed by atoms with Crippen molar-refractivity contribution >= 4 is 23.8 Å². The van der Waals surface area contributed by atoms with Gasteiger partial charge in [-0.05, 0) is 6.42 Å². The predicted octanol–water partition coefficient (Wildman–Crippen LogP) is -0.502. The molecule has 0 aromatic carbocycles. The van der Waals surface area contributed by atoms with Crippen LogP contribution in [0.1, 0.15) is 12.8 Å². The van der Waals surface area contributed by atoms with Gasteiger partial charge in [0.1, 0.15) is 11.9 Å². The summed E-state index contributed by atoms with van der Waals surface area (Å²) in [6.45, 7) is 0. The molecular formula is C8H6O5. The molecule has 0 amide bonds. The van der Waals surface area contributed by atoms with E-state index in [2.05, 4.69) is 0 Å². The highest BCUT2D eigenvalue weighted by Crippen LogP contribution is 2.18. The van der Waals surface area contributed by atoms with Gasteiger partial charge in [-0.25, -0.2) is 4.79 Å². The summed E-state index contributed by atoms with van der Waals surface area (Å²) in [6, 6.07) is 0. The number of rotatable bonds is 2. The molecule has 0 aromatic rings. The zero-order valence-corrected chi connectivity index (χ0v) is 6.57. The fourth-order valence-electron chi connectivity index (χ4n) is 1.12. The summed E-state index contributed by atoms with van der Waals surface area (Å²) < 4.78 is 0. The average molecular weight is 182 g/mol.